The fourth-order valence-corrected chi connectivity index (χ4v) is 4.75. The van der Waals surface area contributed by atoms with Crippen LogP contribution in [0.4, 0.5) is 5.69 Å². The van der Waals surface area contributed by atoms with E-state index in [1.807, 2.05) is 17.1 Å². The average Bonchev–Trinajstić information content (AvgIpc) is 3.29. The van der Waals surface area contributed by atoms with Crippen molar-refractivity contribution in [1.29, 1.82) is 0 Å². The van der Waals surface area contributed by atoms with Crippen LogP contribution < -0.4 is 21.7 Å². The van der Waals surface area contributed by atoms with Gasteiger partial charge >= 0.3 is 0 Å². The Hall–Kier alpha value is -2.84. The van der Waals surface area contributed by atoms with Crippen LogP contribution in [0.1, 0.15) is 42.1 Å². The molecule has 1 unspecified atom stereocenters. The number of allylic oxidation sites excluding steroid dienone is 1. The first kappa shape index (κ1) is 22.9. The first-order valence-corrected chi connectivity index (χ1v) is 12.0. The van der Waals surface area contributed by atoms with Gasteiger partial charge in [-0.1, -0.05) is 29.3 Å². The quantitative estimate of drug-likeness (QED) is 0.413. The summed E-state index contributed by atoms with van der Waals surface area (Å²) in [5, 5.41) is 15.9. The van der Waals surface area contributed by atoms with E-state index in [0.717, 1.165) is 42.2 Å². The summed E-state index contributed by atoms with van der Waals surface area (Å²) in [5.41, 5.74) is 12.8. The highest BCUT2D eigenvalue weighted by molar-refractivity contribution is 6.34. The zero-order chi connectivity index (χ0) is 23.9. The van der Waals surface area contributed by atoms with Crippen LogP contribution in [0.2, 0.25) is 10.0 Å². The normalized spacial score (nSPS) is 19.8. The molecular formula is C25H27Cl2N7. The number of rotatable bonds is 5. The Morgan fingerprint density at radius 2 is 1.91 bits per heavy atom. The zero-order valence-corrected chi connectivity index (χ0v) is 20.6. The van der Waals surface area contributed by atoms with Crippen LogP contribution in [0, 0.1) is 0 Å². The summed E-state index contributed by atoms with van der Waals surface area (Å²) < 4.78 is 1.92. The first-order valence-electron chi connectivity index (χ1n) is 11.3. The number of benzene rings is 2. The van der Waals surface area contributed by atoms with Gasteiger partial charge in [0.2, 0.25) is 5.79 Å². The summed E-state index contributed by atoms with van der Waals surface area (Å²) >= 11 is 12.5. The lowest BCUT2D eigenvalue weighted by molar-refractivity contribution is 0.400. The van der Waals surface area contributed by atoms with Crippen LogP contribution >= 0.6 is 23.2 Å². The molecule has 0 fully saturated rings. The van der Waals surface area contributed by atoms with Crippen LogP contribution in [-0.2, 0) is 18.8 Å². The van der Waals surface area contributed by atoms with Crippen molar-refractivity contribution in [3.05, 3.63) is 86.9 Å². The van der Waals surface area contributed by atoms with Crippen molar-refractivity contribution in [3.8, 4) is 0 Å². The van der Waals surface area contributed by atoms with E-state index in [9.17, 15) is 0 Å². The van der Waals surface area contributed by atoms with Gasteiger partial charge in [0.05, 0.1) is 6.20 Å². The average molecular weight is 496 g/mol. The molecule has 2 aliphatic rings. The van der Waals surface area contributed by atoms with Crippen molar-refractivity contribution < 1.29 is 0 Å². The molecule has 3 aromatic rings. The van der Waals surface area contributed by atoms with Gasteiger partial charge in [0.1, 0.15) is 5.82 Å². The number of nitrogens with two attached hydrogens (primary N) is 1. The number of nitrogens with zero attached hydrogens (tertiary/aromatic N) is 3. The van der Waals surface area contributed by atoms with Crippen LogP contribution in [0.3, 0.4) is 0 Å². The molecular weight excluding hydrogens is 469 g/mol. The Kier molecular flexibility index (Phi) is 6.12. The molecule has 2 aromatic carbocycles. The van der Waals surface area contributed by atoms with Crippen LogP contribution in [0.15, 0.2) is 59.6 Å². The number of hydrogen-bond donors (Lipinski definition) is 4. The van der Waals surface area contributed by atoms with Crippen molar-refractivity contribution >= 4 is 40.7 Å². The van der Waals surface area contributed by atoms with E-state index < -0.39 is 5.79 Å². The molecule has 1 aromatic heterocycles. The molecule has 0 bridgehead atoms. The highest BCUT2D eigenvalue weighted by atomic mass is 35.5. The molecule has 0 saturated heterocycles. The lowest BCUT2D eigenvalue weighted by atomic mass is 10.00. The number of anilines is 1. The van der Waals surface area contributed by atoms with Crippen molar-refractivity contribution in [2.45, 2.75) is 38.6 Å². The SMILES string of the molecule is CC(C)n1cc(C2=C(Nc3ccc4c(c3)CNCC4)NC(N)(c3cc(Cl)cc(Cl)c3)N=C2)cn1. The summed E-state index contributed by atoms with van der Waals surface area (Å²) in [5.74, 6) is -0.523. The number of nitrogens with one attached hydrogen (secondary N) is 3. The maximum absolute atomic E-state index is 6.74. The van der Waals surface area contributed by atoms with Crippen LogP contribution in [0.5, 0.6) is 0 Å². The monoisotopic (exact) mass is 495 g/mol. The Bertz CT molecular complexity index is 1270. The van der Waals surface area contributed by atoms with E-state index in [1.165, 1.54) is 11.1 Å². The molecule has 0 saturated carbocycles. The maximum atomic E-state index is 6.74. The third-order valence-corrected chi connectivity index (χ3v) is 6.53. The number of aliphatic imine (C=N–C) groups is 1. The second kappa shape index (κ2) is 9.07. The second-order valence-corrected chi connectivity index (χ2v) is 9.81. The standard InChI is InChI=1S/C25H27Cl2N7/c1-15(2)34-14-18(12-31-34)23-13-30-25(28,19-8-20(26)10-21(27)9-19)33-24(23)32-22-4-3-16-5-6-29-11-17(16)7-22/h3-4,7-10,12-15,29,32-33H,5-6,11,28H2,1-2H3. The van der Waals surface area contributed by atoms with Gasteiger partial charge in [-0.05, 0) is 68.3 Å². The predicted molar refractivity (Wildman–Crippen MR) is 139 cm³/mol. The fraction of sp³-hybridized carbons (Fsp3) is 0.280. The van der Waals surface area contributed by atoms with E-state index in [1.54, 1.807) is 24.4 Å². The summed E-state index contributed by atoms with van der Waals surface area (Å²) in [6, 6.07) is 11.9. The number of halogens is 2. The minimum absolute atomic E-state index is 0.245. The summed E-state index contributed by atoms with van der Waals surface area (Å²) in [6.45, 7) is 6.04. The Morgan fingerprint density at radius 3 is 2.65 bits per heavy atom. The minimum atomic E-state index is -1.25. The van der Waals surface area contributed by atoms with Gasteiger partial charge in [0.25, 0.3) is 0 Å². The third-order valence-electron chi connectivity index (χ3n) is 6.09. The van der Waals surface area contributed by atoms with Gasteiger partial charge in [-0.3, -0.25) is 10.4 Å². The van der Waals surface area contributed by atoms with E-state index >= 15 is 0 Å². The van der Waals surface area contributed by atoms with Crippen molar-refractivity contribution in [2.24, 2.45) is 10.7 Å². The molecule has 176 valence electrons. The maximum Gasteiger partial charge on any atom is 0.210 e. The lowest BCUT2D eigenvalue weighted by Crippen LogP contribution is -2.51. The first-order chi connectivity index (χ1) is 16.3. The Balaban J connectivity index is 1.55. The van der Waals surface area contributed by atoms with Gasteiger partial charge in [0.15, 0.2) is 0 Å². The van der Waals surface area contributed by atoms with Crippen molar-refractivity contribution in [1.82, 2.24) is 20.4 Å². The van der Waals surface area contributed by atoms with E-state index in [-0.39, 0.29) is 6.04 Å². The second-order valence-electron chi connectivity index (χ2n) is 8.93. The third kappa shape index (κ3) is 4.57. The van der Waals surface area contributed by atoms with E-state index in [0.29, 0.717) is 15.6 Å². The van der Waals surface area contributed by atoms with Gasteiger partial charge in [0, 0.05) is 57.4 Å². The molecule has 5 N–H and O–H groups in total. The van der Waals surface area contributed by atoms with Gasteiger partial charge in [-0.25, -0.2) is 4.99 Å². The molecule has 5 rings (SSSR count). The van der Waals surface area contributed by atoms with Gasteiger partial charge < -0.3 is 16.0 Å². The Morgan fingerprint density at radius 1 is 1.12 bits per heavy atom. The topological polar surface area (TPSA) is 92.3 Å². The molecule has 34 heavy (non-hydrogen) atoms. The number of aromatic nitrogens is 2. The molecule has 0 spiro atoms. The molecule has 3 heterocycles. The minimum Gasteiger partial charge on any atom is -0.341 e. The van der Waals surface area contributed by atoms with E-state index in [2.05, 4.69) is 58.1 Å². The molecule has 7 nitrogen and oxygen atoms in total. The summed E-state index contributed by atoms with van der Waals surface area (Å²) in [6.07, 6.45) is 6.65. The predicted octanol–water partition coefficient (Wildman–Crippen LogP) is 4.64. The molecule has 0 amide bonds. The smallest absolute Gasteiger partial charge is 0.210 e. The zero-order valence-electron chi connectivity index (χ0n) is 19.1. The molecule has 1 atom stereocenters. The van der Waals surface area contributed by atoms with Crippen LogP contribution in [0.25, 0.3) is 5.57 Å². The van der Waals surface area contributed by atoms with Crippen molar-refractivity contribution in [2.75, 3.05) is 11.9 Å². The molecule has 2 aliphatic heterocycles. The molecule has 0 aliphatic carbocycles. The molecule has 0 radical (unpaired) electrons. The van der Waals surface area contributed by atoms with Gasteiger partial charge in [-0.2, -0.15) is 5.10 Å². The fourth-order valence-electron chi connectivity index (χ4n) is 4.22. The number of fused-ring (bicyclic) bond motifs is 1. The highest BCUT2D eigenvalue weighted by Gasteiger charge is 2.32. The largest absolute Gasteiger partial charge is 0.341 e. The highest BCUT2D eigenvalue weighted by Crippen LogP contribution is 2.31. The van der Waals surface area contributed by atoms with Gasteiger partial charge in [-0.15, -0.1) is 0 Å². The summed E-state index contributed by atoms with van der Waals surface area (Å²) in [4.78, 5) is 4.67. The number of hydrogen-bond acceptors (Lipinski definition) is 6. The Labute approximate surface area is 209 Å². The van der Waals surface area contributed by atoms with Crippen LogP contribution in [-0.4, -0.2) is 22.5 Å². The van der Waals surface area contributed by atoms with Crippen molar-refractivity contribution in [3.63, 3.8) is 0 Å². The lowest BCUT2D eigenvalue weighted by Gasteiger charge is -2.34. The molecule has 9 heteroatoms. The summed E-state index contributed by atoms with van der Waals surface area (Å²) in [7, 11) is 0. The van der Waals surface area contributed by atoms with E-state index in [4.69, 9.17) is 28.9 Å².